The number of hydrogen-bond acceptors (Lipinski definition) is 4. The molecule has 1 fully saturated rings. The average molecular weight is 638 g/mol. The molecular weight excluding hydrogens is 595 g/mol. The summed E-state index contributed by atoms with van der Waals surface area (Å²) in [4.78, 5) is 30.5. The Hall–Kier alpha value is -4.43. The van der Waals surface area contributed by atoms with Crippen LogP contribution in [0.5, 0.6) is 0 Å². The van der Waals surface area contributed by atoms with Gasteiger partial charge in [-0.05, 0) is 74.1 Å². The van der Waals surface area contributed by atoms with Gasteiger partial charge < -0.3 is 10.2 Å². The molecule has 0 saturated heterocycles. The van der Waals surface area contributed by atoms with Crippen LogP contribution in [0.1, 0.15) is 53.5 Å². The molecule has 4 aromatic carbocycles. The summed E-state index contributed by atoms with van der Waals surface area (Å²) in [6.07, 6.45) is 4.23. The number of amides is 2. The third-order valence-corrected chi connectivity index (χ3v) is 10.6. The Morgan fingerprint density at radius 3 is 2.04 bits per heavy atom. The molecule has 1 saturated carbocycles. The first-order valence-electron chi connectivity index (χ1n) is 16.0. The molecule has 1 N–H and O–H groups in total. The third kappa shape index (κ3) is 7.85. The maximum atomic E-state index is 14.7. The molecule has 0 heterocycles. The van der Waals surface area contributed by atoms with E-state index in [1.54, 1.807) is 41.3 Å². The van der Waals surface area contributed by atoms with Crippen LogP contribution in [0.4, 0.5) is 5.69 Å². The van der Waals surface area contributed by atoms with Gasteiger partial charge in [-0.15, -0.1) is 0 Å². The number of para-hydroxylation sites is 1. The zero-order valence-corrected chi connectivity index (χ0v) is 27.7. The largest absolute Gasteiger partial charge is 0.352 e. The number of sulfonamides is 1. The summed E-state index contributed by atoms with van der Waals surface area (Å²) < 4.78 is 29.7. The fraction of sp³-hybridized carbons (Fsp3) is 0.316. The lowest BCUT2D eigenvalue weighted by atomic mass is 10.0. The highest BCUT2D eigenvalue weighted by atomic mass is 32.2. The van der Waals surface area contributed by atoms with Gasteiger partial charge in [-0.2, -0.15) is 0 Å². The zero-order chi connectivity index (χ0) is 32.7. The van der Waals surface area contributed by atoms with E-state index in [1.165, 1.54) is 4.31 Å². The summed E-state index contributed by atoms with van der Waals surface area (Å²) in [6.45, 7) is 5.40. The molecule has 8 heteroatoms. The van der Waals surface area contributed by atoms with E-state index in [-0.39, 0.29) is 23.4 Å². The standard InChI is InChI=1S/C38H43N3O4S/c1-28-21-23-34(24-22-28)46(44,45)41(35-20-12-8-14-30(35)3)27-37(42)40(26-32-17-9-7-13-29(32)2)36(25-31-15-5-4-6-16-31)38(43)39-33-18-10-11-19-33/h4-9,12-17,20-24,33,36H,10-11,18-19,25-27H2,1-3H3,(H,39,43)/t36-/m0/s1. The summed E-state index contributed by atoms with van der Waals surface area (Å²) in [5, 5.41) is 3.23. The predicted molar refractivity (Wildman–Crippen MR) is 183 cm³/mol. The van der Waals surface area contributed by atoms with Crippen LogP contribution in [0, 0.1) is 20.8 Å². The lowest BCUT2D eigenvalue weighted by molar-refractivity contribution is -0.140. The van der Waals surface area contributed by atoms with E-state index >= 15 is 0 Å². The Morgan fingerprint density at radius 2 is 1.39 bits per heavy atom. The van der Waals surface area contributed by atoms with Gasteiger partial charge >= 0.3 is 0 Å². The van der Waals surface area contributed by atoms with Crippen molar-refractivity contribution in [3.05, 3.63) is 131 Å². The highest BCUT2D eigenvalue weighted by Gasteiger charge is 2.36. The lowest BCUT2D eigenvalue weighted by Gasteiger charge is -2.35. The molecule has 0 unspecified atom stereocenters. The van der Waals surface area contributed by atoms with Gasteiger partial charge in [0, 0.05) is 19.0 Å². The van der Waals surface area contributed by atoms with Gasteiger partial charge in [-0.1, -0.05) is 103 Å². The van der Waals surface area contributed by atoms with E-state index in [4.69, 9.17) is 0 Å². The molecule has 0 aromatic heterocycles. The molecule has 46 heavy (non-hydrogen) atoms. The van der Waals surface area contributed by atoms with E-state index in [9.17, 15) is 18.0 Å². The number of carbonyl (C=O) groups is 2. The first-order chi connectivity index (χ1) is 22.1. The quantitative estimate of drug-likeness (QED) is 0.192. The van der Waals surface area contributed by atoms with Crippen molar-refractivity contribution in [1.82, 2.24) is 10.2 Å². The third-order valence-electron chi connectivity index (χ3n) is 8.85. The topological polar surface area (TPSA) is 86.8 Å². The molecular formula is C38H43N3O4S. The van der Waals surface area contributed by atoms with Gasteiger partial charge in [0.1, 0.15) is 12.6 Å². The maximum Gasteiger partial charge on any atom is 0.264 e. The number of aryl methyl sites for hydroxylation is 3. The summed E-state index contributed by atoms with van der Waals surface area (Å²) in [7, 11) is -4.14. The van der Waals surface area contributed by atoms with E-state index in [0.717, 1.165) is 53.5 Å². The lowest BCUT2D eigenvalue weighted by Crippen LogP contribution is -2.54. The van der Waals surface area contributed by atoms with Crippen molar-refractivity contribution in [2.24, 2.45) is 0 Å². The molecule has 0 aliphatic heterocycles. The molecule has 2 amide bonds. The Bertz CT molecular complexity index is 1750. The minimum absolute atomic E-state index is 0.0616. The highest BCUT2D eigenvalue weighted by Crippen LogP contribution is 2.28. The van der Waals surface area contributed by atoms with Crippen molar-refractivity contribution in [1.29, 1.82) is 0 Å². The fourth-order valence-corrected chi connectivity index (χ4v) is 7.57. The fourth-order valence-electron chi connectivity index (χ4n) is 6.09. The van der Waals surface area contributed by atoms with Crippen molar-refractivity contribution in [3.8, 4) is 0 Å². The van der Waals surface area contributed by atoms with Crippen LogP contribution in [-0.2, 0) is 32.6 Å². The van der Waals surface area contributed by atoms with Crippen LogP contribution in [0.2, 0.25) is 0 Å². The average Bonchev–Trinajstić information content (AvgIpc) is 3.56. The summed E-state index contributed by atoms with van der Waals surface area (Å²) in [5.74, 6) is -0.675. The second-order valence-electron chi connectivity index (χ2n) is 12.3. The SMILES string of the molecule is Cc1ccc(S(=O)(=O)N(CC(=O)N(Cc2ccccc2C)[C@@H](Cc2ccccc2)C(=O)NC2CCCC2)c2ccccc2C)cc1. The molecule has 0 radical (unpaired) electrons. The van der Waals surface area contributed by atoms with Gasteiger partial charge in [0.15, 0.2) is 0 Å². The highest BCUT2D eigenvalue weighted by molar-refractivity contribution is 7.92. The van der Waals surface area contributed by atoms with Crippen molar-refractivity contribution >= 4 is 27.5 Å². The first kappa shape index (κ1) is 32.9. The number of nitrogens with zero attached hydrogens (tertiary/aromatic N) is 2. The normalized spacial score (nSPS) is 14.1. The van der Waals surface area contributed by atoms with Gasteiger partial charge in [0.25, 0.3) is 10.0 Å². The van der Waals surface area contributed by atoms with Gasteiger partial charge in [0.05, 0.1) is 10.6 Å². The smallest absolute Gasteiger partial charge is 0.264 e. The zero-order valence-electron chi connectivity index (χ0n) is 26.9. The Kier molecular flexibility index (Phi) is 10.6. The molecule has 1 atom stereocenters. The number of rotatable bonds is 12. The van der Waals surface area contributed by atoms with Crippen LogP contribution >= 0.6 is 0 Å². The minimum Gasteiger partial charge on any atom is -0.352 e. The number of hydrogen-bond donors (Lipinski definition) is 1. The van der Waals surface area contributed by atoms with Gasteiger partial charge in [-0.25, -0.2) is 8.42 Å². The van der Waals surface area contributed by atoms with Crippen LogP contribution in [0.25, 0.3) is 0 Å². The summed E-state index contributed by atoms with van der Waals surface area (Å²) in [5.41, 5.74) is 4.86. The van der Waals surface area contributed by atoms with Gasteiger partial charge in [0.2, 0.25) is 11.8 Å². The van der Waals surface area contributed by atoms with Crippen molar-refractivity contribution < 1.29 is 18.0 Å². The van der Waals surface area contributed by atoms with Crippen molar-refractivity contribution in [3.63, 3.8) is 0 Å². The van der Waals surface area contributed by atoms with Gasteiger partial charge in [-0.3, -0.25) is 13.9 Å². The number of benzene rings is 4. The molecule has 240 valence electrons. The molecule has 1 aliphatic carbocycles. The Labute approximate surface area is 273 Å². The van der Waals surface area contributed by atoms with E-state index < -0.39 is 28.5 Å². The first-order valence-corrected chi connectivity index (χ1v) is 17.4. The minimum atomic E-state index is -4.14. The van der Waals surface area contributed by atoms with E-state index in [1.807, 2.05) is 87.5 Å². The van der Waals surface area contributed by atoms with E-state index in [0.29, 0.717) is 12.1 Å². The summed E-state index contributed by atoms with van der Waals surface area (Å²) >= 11 is 0. The Morgan fingerprint density at radius 1 is 0.783 bits per heavy atom. The predicted octanol–water partition coefficient (Wildman–Crippen LogP) is 6.51. The van der Waals surface area contributed by atoms with E-state index in [2.05, 4.69) is 5.32 Å². The number of anilines is 1. The van der Waals surface area contributed by atoms with Crippen molar-refractivity contribution in [2.75, 3.05) is 10.8 Å². The second kappa shape index (κ2) is 14.8. The summed E-state index contributed by atoms with van der Waals surface area (Å²) in [6, 6.07) is 30.4. The van der Waals surface area contributed by atoms with Crippen LogP contribution < -0.4 is 9.62 Å². The van der Waals surface area contributed by atoms with Crippen LogP contribution in [0.3, 0.4) is 0 Å². The molecule has 4 aromatic rings. The molecule has 7 nitrogen and oxygen atoms in total. The van der Waals surface area contributed by atoms with Crippen LogP contribution in [0.15, 0.2) is 108 Å². The Balaban J connectivity index is 1.58. The monoisotopic (exact) mass is 637 g/mol. The van der Waals surface area contributed by atoms with Crippen molar-refractivity contribution in [2.45, 2.75) is 76.4 Å². The number of carbonyl (C=O) groups excluding carboxylic acids is 2. The molecule has 0 spiro atoms. The molecule has 1 aliphatic rings. The molecule has 5 rings (SSSR count). The van der Waals surface area contributed by atoms with Crippen LogP contribution in [-0.4, -0.2) is 43.8 Å². The number of nitrogens with one attached hydrogen (secondary N) is 1. The second-order valence-corrected chi connectivity index (χ2v) is 14.1. The molecule has 0 bridgehead atoms. The maximum absolute atomic E-state index is 14.7.